The Bertz CT molecular complexity index is 322. The first kappa shape index (κ1) is 11.7. The van der Waals surface area contributed by atoms with Crippen LogP contribution in [0.4, 0.5) is 0 Å². The smallest absolute Gasteiger partial charge is 0.0420 e. The van der Waals surface area contributed by atoms with Gasteiger partial charge in [-0.2, -0.15) is 0 Å². The molecule has 0 aliphatic carbocycles. The molecule has 1 heteroatoms. The van der Waals surface area contributed by atoms with Gasteiger partial charge in [-0.15, -0.1) is 6.58 Å². The molecule has 1 aromatic carbocycles. The minimum absolute atomic E-state index is 0.0163. The van der Waals surface area contributed by atoms with Crippen molar-refractivity contribution in [2.24, 2.45) is 4.99 Å². The Kier molecular flexibility index (Phi) is 4.29. The van der Waals surface area contributed by atoms with Gasteiger partial charge in [0.2, 0.25) is 0 Å². The zero-order chi connectivity index (χ0) is 11.1. The number of nitrogens with zero attached hydrogens (tertiary/aromatic N) is 1. The molecule has 0 aliphatic heterocycles. The Morgan fingerprint density at radius 3 is 2.53 bits per heavy atom. The summed E-state index contributed by atoms with van der Waals surface area (Å²) < 4.78 is 0. The average molecular weight is 201 g/mol. The molecule has 0 aliphatic rings. The van der Waals surface area contributed by atoms with Crippen molar-refractivity contribution in [3.8, 4) is 0 Å². The van der Waals surface area contributed by atoms with E-state index < -0.39 is 0 Å². The lowest BCUT2D eigenvalue weighted by molar-refractivity contribution is 0.729. The summed E-state index contributed by atoms with van der Waals surface area (Å²) in [5, 5.41) is 0. The predicted octanol–water partition coefficient (Wildman–Crippen LogP) is 3.61. The van der Waals surface area contributed by atoms with Gasteiger partial charge in [0.15, 0.2) is 0 Å². The van der Waals surface area contributed by atoms with Crippen LogP contribution in [0.3, 0.4) is 0 Å². The first-order valence-corrected chi connectivity index (χ1v) is 5.34. The standard InChI is InChI=1S/C14H19N/c1-4-5-11-15-12-14(2,3)13-9-7-6-8-10-13/h4,6-10,12H,1,5,11H2,2-3H3. The van der Waals surface area contributed by atoms with Crippen LogP contribution in [0.25, 0.3) is 0 Å². The second-order valence-electron chi connectivity index (χ2n) is 4.20. The number of aliphatic imine (C=N–C) groups is 1. The Balaban J connectivity index is 2.66. The molecule has 0 unspecified atom stereocenters. The van der Waals surface area contributed by atoms with Gasteiger partial charge in [-0.05, 0) is 12.0 Å². The van der Waals surface area contributed by atoms with Crippen LogP contribution in [-0.2, 0) is 5.41 Å². The quantitative estimate of drug-likeness (QED) is 0.392. The van der Waals surface area contributed by atoms with Gasteiger partial charge in [-0.25, -0.2) is 0 Å². The Morgan fingerprint density at radius 1 is 1.27 bits per heavy atom. The molecule has 15 heavy (non-hydrogen) atoms. The molecule has 1 aromatic rings. The van der Waals surface area contributed by atoms with Crippen molar-refractivity contribution in [1.82, 2.24) is 0 Å². The number of benzene rings is 1. The highest BCUT2D eigenvalue weighted by atomic mass is 14.7. The van der Waals surface area contributed by atoms with E-state index in [0.717, 1.165) is 13.0 Å². The average Bonchev–Trinajstić information content (AvgIpc) is 2.26. The van der Waals surface area contributed by atoms with Crippen molar-refractivity contribution in [1.29, 1.82) is 0 Å². The lowest BCUT2D eigenvalue weighted by atomic mass is 9.86. The molecule has 0 atom stereocenters. The van der Waals surface area contributed by atoms with Crippen molar-refractivity contribution in [3.63, 3.8) is 0 Å². The lowest BCUT2D eigenvalue weighted by Crippen LogP contribution is -2.18. The van der Waals surface area contributed by atoms with E-state index in [9.17, 15) is 0 Å². The third kappa shape index (κ3) is 3.70. The monoisotopic (exact) mass is 201 g/mol. The summed E-state index contributed by atoms with van der Waals surface area (Å²) in [5.74, 6) is 0. The fraction of sp³-hybridized carbons (Fsp3) is 0.357. The summed E-state index contributed by atoms with van der Waals surface area (Å²) in [4.78, 5) is 4.41. The molecular weight excluding hydrogens is 182 g/mol. The molecule has 0 amide bonds. The zero-order valence-electron chi connectivity index (χ0n) is 9.61. The SMILES string of the molecule is C=CCCN=CC(C)(C)c1ccccc1. The minimum atomic E-state index is 0.0163. The van der Waals surface area contributed by atoms with E-state index in [0.29, 0.717) is 0 Å². The summed E-state index contributed by atoms with van der Waals surface area (Å²) in [6.07, 6.45) is 4.88. The Morgan fingerprint density at radius 2 is 1.93 bits per heavy atom. The van der Waals surface area contributed by atoms with Crippen LogP contribution in [0.5, 0.6) is 0 Å². The van der Waals surface area contributed by atoms with Crippen molar-refractivity contribution >= 4 is 6.21 Å². The van der Waals surface area contributed by atoms with Crippen molar-refractivity contribution in [3.05, 3.63) is 48.6 Å². The number of hydrogen-bond donors (Lipinski definition) is 0. The van der Waals surface area contributed by atoms with Crippen LogP contribution in [0.1, 0.15) is 25.8 Å². The number of rotatable bonds is 5. The highest BCUT2D eigenvalue weighted by Crippen LogP contribution is 2.20. The van der Waals surface area contributed by atoms with Gasteiger partial charge in [0.25, 0.3) is 0 Å². The van der Waals surface area contributed by atoms with Gasteiger partial charge in [-0.1, -0.05) is 50.3 Å². The van der Waals surface area contributed by atoms with Gasteiger partial charge in [-0.3, -0.25) is 4.99 Å². The molecule has 0 saturated carbocycles. The maximum Gasteiger partial charge on any atom is 0.0420 e. The van der Waals surface area contributed by atoms with E-state index >= 15 is 0 Å². The molecule has 0 aromatic heterocycles. The first-order chi connectivity index (χ1) is 7.17. The fourth-order valence-corrected chi connectivity index (χ4v) is 1.40. The molecule has 0 N–H and O–H groups in total. The Labute approximate surface area is 92.6 Å². The van der Waals surface area contributed by atoms with Gasteiger partial charge in [0.05, 0.1) is 0 Å². The summed E-state index contributed by atoms with van der Waals surface area (Å²) in [7, 11) is 0. The maximum absolute atomic E-state index is 4.41. The fourth-order valence-electron chi connectivity index (χ4n) is 1.40. The topological polar surface area (TPSA) is 12.4 Å². The lowest BCUT2D eigenvalue weighted by Gasteiger charge is -2.19. The van der Waals surface area contributed by atoms with Crippen molar-refractivity contribution < 1.29 is 0 Å². The summed E-state index contributed by atoms with van der Waals surface area (Å²) in [6.45, 7) is 8.87. The zero-order valence-corrected chi connectivity index (χ0v) is 9.61. The predicted molar refractivity (Wildman–Crippen MR) is 67.6 cm³/mol. The molecular formula is C14H19N. The normalized spacial score (nSPS) is 11.9. The van der Waals surface area contributed by atoms with E-state index in [1.165, 1.54) is 5.56 Å². The van der Waals surface area contributed by atoms with Crippen molar-refractivity contribution in [2.45, 2.75) is 25.7 Å². The molecule has 0 heterocycles. The molecule has 0 fully saturated rings. The van der Waals surface area contributed by atoms with E-state index in [4.69, 9.17) is 0 Å². The largest absolute Gasteiger partial charge is 0.296 e. The van der Waals surface area contributed by atoms with E-state index in [-0.39, 0.29) is 5.41 Å². The van der Waals surface area contributed by atoms with Gasteiger partial charge in [0.1, 0.15) is 0 Å². The molecule has 0 radical (unpaired) electrons. The van der Waals surface area contributed by atoms with E-state index in [1.807, 2.05) is 18.4 Å². The second kappa shape index (κ2) is 5.50. The van der Waals surface area contributed by atoms with E-state index in [1.54, 1.807) is 0 Å². The highest BCUT2D eigenvalue weighted by Gasteiger charge is 2.16. The first-order valence-electron chi connectivity index (χ1n) is 5.34. The van der Waals surface area contributed by atoms with Crippen LogP contribution >= 0.6 is 0 Å². The van der Waals surface area contributed by atoms with Crippen LogP contribution in [0, 0.1) is 0 Å². The molecule has 1 rings (SSSR count). The van der Waals surface area contributed by atoms with Crippen molar-refractivity contribution in [2.75, 3.05) is 6.54 Å². The summed E-state index contributed by atoms with van der Waals surface area (Å²) >= 11 is 0. The third-order valence-electron chi connectivity index (χ3n) is 2.39. The summed E-state index contributed by atoms with van der Waals surface area (Å²) in [6, 6.07) is 10.4. The van der Waals surface area contributed by atoms with E-state index in [2.05, 4.69) is 49.7 Å². The van der Waals surface area contributed by atoms with Crippen LogP contribution in [0.15, 0.2) is 48.0 Å². The van der Waals surface area contributed by atoms with Crippen LogP contribution in [0.2, 0.25) is 0 Å². The second-order valence-corrected chi connectivity index (χ2v) is 4.20. The van der Waals surface area contributed by atoms with Crippen LogP contribution < -0.4 is 0 Å². The molecule has 0 spiro atoms. The van der Waals surface area contributed by atoms with Gasteiger partial charge in [0, 0.05) is 18.2 Å². The van der Waals surface area contributed by atoms with Gasteiger partial charge < -0.3 is 0 Å². The molecule has 80 valence electrons. The molecule has 0 saturated heterocycles. The summed E-state index contributed by atoms with van der Waals surface area (Å²) in [5.41, 5.74) is 1.31. The maximum atomic E-state index is 4.41. The third-order valence-corrected chi connectivity index (χ3v) is 2.39. The minimum Gasteiger partial charge on any atom is -0.296 e. The highest BCUT2D eigenvalue weighted by molar-refractivity contribution is 5.72. The molecule has 0 bridgehead atoms. The number of hydrogen-bond acceptors (Lipinski definition) is 1. The Hall–Kier alpha value is -1.37. The van der Waals surface area contributed by atoms with Crippen LogP contribution in [-0.4, -0.2) is 12.8 Å². The van der Waals surface area contributed by atoms with Gasteiger partial charge >= 0.3 is 0 Å². The molecule has 1 nitrogen and oxygen atoms in total.